The predicted molar refractivity (Wildman–Crippen MR) is 595 cm³/mol. The summed E-state index contributed by atoms with van der Waals surface area (Å²) in [5, 5.41) is 85.0. The van der Waals surface area contributed by atoms with Crippen molar-refractivity contribution < 1.29 is 50.5 Å². The van der Waals surface area contributed by atoms with Crippen molar-refractivity contribution in [2.45, 2.75) is 126 Å². The highest BCUT2D eigenvalue weighted by Crippen LogP contribution is 2.87. The second-order valence-corrected chi connectivity index (χ2v) is 58.1. The summed E-state index contributed by atoms with van der Waals surface area (Å²) in [5.41, 5.74) is 8.42. The third-order valence-corrected chi connectivity index (χ3v) is 51.6. The molecule has 3 aromatic heterocycles. The van der Waals surface area contributed by atoms with Crippen LogP contribution in [-0.4, -0.2) is 143 Å². The molecule has 2 N–H and O–H groups in total. The Hall–Kier alpha value is -14.7. The van der Waals surface area contributed by atoms with Crippen LogP contribution in [0.15, 0.2) is 108 Å². The Kier molecular flexibility index (Phi) is 11.3. The van der Waals surface area contributed by atoms with Crippen LogP contribution in [0.1, 0.15) is 125 Å². The number of benzene rings is 23. The molecule has 36 aromatic rings. The first-order valence-corrected chi connectivity index (χ1v) is 61.7. The first-order chi connectivity index (χ1) is 71.6. The van der Waals surface area contributed by atoms with E-state index in [-0.39, 0.29) is 123 Å². The molecular formula is C121H65N9O12S6. The van der Waals surface area contributed by atoms with Gasteiger partial charge in [0.15, 0.2) is 82.3 Å². The second kappa shape index (κ2) is 21.7. The maximum Gasteiger partial charge on any atom is 0.179 e. The maximum atomic E-state index is 14.9. The Labute approximate surface area is 832 Å². The highest BCUT2D eigenvalue weighted by Gasteiger charge is 2.76. The molecule has 1 saturated heterocycles. The summed E-state index contributed by atoms with van der Waals surface area (Å²) < 4.78 is 178. The van der Waals surface area contributed by atoms with Gasteiger partial charge in [0.25, 0.3) is 0 Å². The van der Waals surface area contributed by atoms with Crippen molar-refractivity contribution in [2.75, 3.05) is 48.1 Å². The van der Waals surface area contributed by atoms with E-state index in [9.17, 15) is 50.5 Å². The number of hydrogen-bond donors (Lipinski definition) is 2. The molecule has 33 aromatic carbocycles. The number of nitrogens with zero attached hydrogens (tertiary/aromatic N) is 7. The summed E-state index contributed by atoms with van der Waals surface area (Å²) >= 11 is 0. The monoisotopic (exact) mass is 2030 g/mol. The van der Waals surface area contributed by atoms with E-state index in [0.29, 0.717) is 10.8 Å². The van der Waals surface area contributed by atoms with E-state index >= 15 is 0 Å². The van der Waals surface area contributed by atoms with E-state index < -0.39 is 134 Å². The number of hydrogen-bond acceptors (Lipinski definition) is 19. The average molecular weight is 2030 g/mol. The second-order valence-electron chi connectivity index (χ2n) is 45.6. The summed E-state index contributed by atoms with van der Waals surface area (Å²) in [4.78, 5) is 37.8. The van der Waals surface area contributed by atoms with Crippen LogP contribution >= 0.6 is 0 Å². The van der Waals surface area contributed by atoms with Gasteiger partial charge in [-0.15, -0.1) is 0 Å². The maximum absolute atomic E-state index is 14.9. The molecule has 148 heavy (non-hydrogen) atoms. The standard InChI is InChI=1S/C121H65N9O12S6/c1-8-22-143(131,132)47-29-41-42(30-48(47)144(133,134)23-9-2)116-125-114(41)123-112-39-21-18-37(28-40(39)113(122-112)124-115-43-31-49(145(135,136)24-10-3)50(146(137,138)25-11-4)32-44(43)117(126-115)128-119-46-34-52(148(141,142)27-13-6)51(147(139,140)26-12-5)33-45(46)118(127-116)129-119)15-14-36-16-19-38(20-17-36)111-121-109-103-97-87-75-67-59-55-53-54-57-61(59)69(75)79-73-65(57)66-58(54)62-60-56(53)64-63(55)71-77(67)85-91-81(71)82-72(64)78-68(60)76-70(62)80-74(66)84-83(73)95(89(79)97)105(109)106-96(84)90(80)98-88(76)94-86(78)92(82)100-99(91)107(101(103)93(85)87)120(121,35-130(111)7)108(100)102(94)104(98)110(106)121/h14-21,28-34,111H,8-13,22-27,35H2,1-7H3,(H2,122,123,124,125,126,127,128,129)/b15-14+. The Morgan fingerprint density at radius 1 is 0.257 bits per heavy atom. The number of likely N-dealkylation sites (tertiary alicyclic amines) is 1. The lowest BCUT2D eigenvalue weighted by Gasteiger charge is -2.52. The molecule has 0 amide bonds. The van der Waals surface area contributed by atoms with Gasteiger partial charge in [-0.3, -0.25) is 4.90 Å². The highest BCUT2D eigenvalue weighted by atomic mass is 32.2. The van der Waals surface area contributed by atoms with E-state index in [0.717, 1.165) is 17.7 Å². The summed E-state index contributed by atoms with van der Waals surface area (Å²) in [6.07, 6.45) is 4.95. The topological polar surface area (TPSA) is 317 Å². The van der Waals surface area contributed by atoms with E-state index in [1.807, 2.05) is 18.2 Å². The molecular weight excluding hydrogens is 1960 g/mol. The number of likely N-dealkylation sites (N-methyl/N-ethyl adjacent to an activating group) is 1. The zero-order valence-electron chi connectivity index (χ0n) is 79.4. The highest BCUT2D eigenvalue weighted by molar-refractivity contribution is 7.95. The Balaban J connectivity index is 0.550. The molecule has 21 nitrogen and oxygen atoms in total. The van der Waals surface area contributed by atoms with Crippen molar-refractivity contribution in [3.63, 3.8) is 0 Å². The number of aromatic nitrogens is 8. The number of rotatable bonds is 21. The lowest BCUT2D eigenvalue weighted by Crippen LogP contribution is -2.51. The van der Waals surface area contributed by atoms with Gasteiger partial charge in [-0.25, -0.2) is 80.4 Å². The summed E-state index contributed by atoms with van der Waals surface area (Å²) in [7, 11) is -23.9. The van der Waals surface area contributed by atoms with E-state index in [2.05, 4.69) is 58.3 Å². The lowest BCUT2D eigenvalue weighted by molar-refractivity contribution is 0.271. The van der Waals surface area contributed by atoms with Crippen molar-refractivity contribution in [3.8, 4) is 45.6 Å². The van der Waals surface area contributed by atoms with Crippen molar-refractivity contribution in [1.82, 2.24) is 44.8 Å². The normalized spacial score (nSPS) is 18.5. The van der Waals surface area contributed by atoms with Crippen LogP contribution in [0.5, 0.6) is 0 Å². The Morgan fingerprint density at radius 2 is 0.466 bits per heavy atom. The molecule has 1 fully saturated rings. The minimum atomic E-state index is -4.41. The van der Waals surface area contributed by atoms with Gasteiger partial charge in [0.05, 0.1) is 74.7 Å². The number of sulfone groups is 6. The average Bonchev–Trinajstić information content (AvgIpc) is 1.38. The molecule has 8 bridgehead atoms. The van der Waals surface area contributed by atoms with Crippen molar-refractivity contribution >= 4 is 406 Å². The first kappa shape index (κ1) is 76.8. The fourth-order valence-electron chi connectivity index (χ4n) is 36.2. The summed E-state index contributed by atoms with van der Waals surface area (Å²) in [5.74, 6) is -3.24. The molecule has 27 heteroatoms. The van der Waals surface area contributed by atoms with Crippen LogP contribution in [0, 0.1) is 0 Å². The number of fused-ring (bicyclic) bond motifs is 20. The van der Waals surface area contributed by atoms with Gasteiger partial charge >= 0.3 is 0 Å². The van der Waals surface area contributed by atoms with Gasteiger partial charge in [0, 0.05) is 56.4 Å². The molecule has 1 atom stereocenters. The lowest BCUT2D eigenvalue weighted by atomic mass is 9.47. The van der Waals surface area contributed by atoms with Crippen molar-refractivity contribution in [3.05, 3.63) is 118 Å². The smallest absolute Gasteiger partial charge is 0.179 e. The van der Waals surface area contributed by atoms with Gasteiger partial charge < -0.3 is 9.97 Å². The summed E-state index contributed by atoms with van der Waals surface area (Å²) in [6, 6.07) is 22.6. The van der Waals surface area contributed by atoms with Gasteiger partial charge in [-0.05, 0) is 424 Å². The van der Waals surface area contributed by atoms with Crippen LogP contribution in [0.4, 0.5) is 0 Å². The molecule has 2 spiro atoms. The Morgan fingerprint density at radius 3 is 0.716 bits per heavy atom. The molecule has 702 valence electrons. The van der Waals surface area contributed by atoms with E-state index in [4.69, 9.17) is 29.9 Å². The third kappa shape index (κ3) is 6.69. The van der Waals surface area contributed by atoms with Crippen LogP contribution in [0.2, 0.25) is 0 Å². The minimum absolute atomic E-state index is 0.00150. The number of H-pyrrole nitrogens is 2. The van der Waals surface area contributed by atoms with Crippen molar-refractivity contribution in [1.29, 1.82) is 0 Å². The molecule has 7 aliphatic rings. The molecule has 6 heterocycles. The molecule has 0 saturated carbocycles. The third-order valence-electron chi connectivity index (χ3n) is 39.5. The fraction of sp³-hybridized carbons (Fsp3) is 0.190. The SMILES string of the molecule is CCCS(=O)(=O)c1cc2c(cc1S(=O)(=O)CCC)-c1nc-2nc2[nH]c(nc3nc(nc4[nH]c(n1)c1cc(S(=O)(=O)CCC)c(S(=O)(=O)CCC)cc41)-c1cc(S(=O)(=O)CCC)c(S(=O)(=O)CCC)cc1-3)c1cc(/C=C/c3ccc(C4N(C)CC56c7c8c9c%10c%11c%12c(c%13c%14c5c5c7c7c%15c8c8c9c9c%11c%11c%16c%12c%12c%13c%13c%14c%14c5c5c7c7c%15c%15c8c8c9c%11c9c%11c%16c%12c%12c%13c%13c%14c5c5c7c7c%15c8c9c8c%11c%12c%13c5c78)C%1046)cc3)ccc21. The van der Waals surface area contributed by atoms with E-state index in [1.54, 1.807) is 333 Å². The van der Waals surface area contributed by atoms with E-state index in [1.165, 1.54) is 63.5 Å². The van der Waals surface area contributed by atoms with Gasteiger partial charge in [0.2, 0.25) is 0 Å². The number of aromatic amines is 2. The largest absolute Gasteiger partial charge is 0.324 e. The van der Waals surface area contributed by atoms with Crippen LogP contribution in [0.3, 0.4) is 0 Å². The zero-order chi connectivity index (χ0) is 97.5. The Bertz CT molecular complexity index is 13300. The molecule has 43 rings (SSSR count). The van der Waals surface area contributed by atoms with Crippen molar-refractivity contribution in [2.24, 2.45) is 0 Å². The first-order valence-electron chi connectivity index (χ1n) is 51.8. The predicted octanol–water partition coefficient (Wildman–Crippen LogP) is 26.4. The van der Waals surface area contributed by atoms with Gasteiger partial charge in [-0.2, -0.15) is 0 Å². The molecule has 1 unspecified atom stereocenters. The molecule has 3 aliphatic heterocycles. The quantitative estimate of drug-likeness (QED) is 0.0498. The van der Waals surface area contributed by atoms with Crippen LogP contribution < -0.4 is 0 Å². The van der Waals surface area contributed by atoms with Gasteiger partial charge in [-0.1, -0.05) is 84.0 Å². The molecule has 4 aliphatic carbocycles. The van der Waals surface area contributed by atoms with Crippen LogP contribution in [0.25, 0.3) is 393 Å². The zero-order valence-corrected chi connectivity index (χ0v) is 84.3. The minimum Gasteiger partial charge on any atom is -0.324 e. The number of nitrogens with one attached hydrogen (secondary N) is 2. The fourth-order valence-corrected chi connectivity index (χ4v) is 47.0. The summed E-state index contributed by atoms with van der Waals surface area (Å²) in [6.45, 7) is 10.9. The van der Waals surface area contributed by atoms with Crippen LogP contribution in [-0.2, 0) is 69.9 Å². The molecule has 0 radical (unpaired) electrons. The van der Waals surface area contributed by atoms with Gasteiger partial charge in [0.1, 0.15) is 22.6 Å².